The monoisotopic (exact) mass is 377 g/mol. The lowest BCUT2D eigenvalue weighted by atomic mass is 10.1. The topological polar surface area (TPSA) is 93.5 Å². The van der Waals surface area contributed by atoms with Crippen LogP contribution >= 0.6 is 11.8 Å². The molecule has 0 radical (unpaired) electrons. The molecule has 0 saturated carbocycles. The number of rotatable bonds is 9. The highest BCUT2D eigenvalue weighted by atomic mass is 32.2. The number of hydrogen-bond acceptors (Lipinski definition) is 6. The first-order valence-corrected chi connectivity index (χ1v) is 9.29. The summed E-state index contributed by atoms with van der Waals surface area (Å²) >= 11 is 1.27. The van der Waals surface area contributed by atoms with Gasteiger partial charge in [-0.15, -0.1) is 11.8 Å². The van der Waals surface area contributed by atoms with Crippen molar-refractivity contribution in [3.05, 3.63) is 41.7 Å². The van der Waals surface area contributed by atoms with Gasteiger partial charge >= 0.3 is 0 Å². The lowest BCUT2D eigenvalue weighted by Crippen LogP contribution is -2.30. The lowest BCUT2D eigenvalue weighted by Gasteiger charge is -2.11. The van der Waals surface area contributed by atoms with Gasteiger partial charge in [-0.2, -0.15) is 0 Å². The number of nitrogens with one attached hydrogen (secondary N) is 2. The van der Waals surface area contributed by atoms with Gasteiger partial charge in [0.05, 0.1) is 18.1 Å². The fraction of sp³-hybridized carbons (Fsp3) is 0.389. The Labute approximate surface area is 156 Å². The third-order valence-corrected chi connectivity index (χ3v) is 4.76. The minimum absolute atomic E-state index is 0.109. The highest BCUT2D eigenvalue weighted by Gasteiger charge is 2.16. The van der Waals surface area contributed by atoms with Crippen molar-refractivity contribution in [2.75, 3.05) is 24.7 Å². The van der Waals surface area contributed by atoms with Crippen molar-refractivity contribution in [3.63, 3.8) is 0 Å². The Morgan fingerprint density at radius 2 is 2.12 bits per heavy atom. The zero-order valence-corrected chi connectivity index (χ0v) is 15.9. The highest BCUT2D eigenvalue weighted by Crippen LogP contribution is 2.17. The van der Waals surface area contributed by atoms with Crippen molar-refractivity contribution in [2.24, 2.45) is 0 Å². The normalized spacial score (nSPS) is 11.7. The van der Waals surface area contributed by atoms with E-state index in [4.69, 9.17) is 9.26 Å². The summed E-state index contributed by atoms with van der Waals surface area (Å²) < 4.78 is 10.2. The molecule has 2 aromatic rings. The molecule has 26 heavy (non-hydrogen) atoms. The van der Waals surface area contributed by atoms with Gasteiger partial charge in [-0.3, -0.25) is 9.59 Å². The van der Waals surface area contributed by atoms with E-state index in [-0.39, 0.29) is 22.8 Å². The lowest BCUT2D eigenvalue weighted by molar-refractivity contribution is -0.118. The van der Waals surface area contributed by atoms with Crippen LogP contribution in [0.25, 0.3) is 0 Å². The van der Waals surface area contributed by atoms with E-state index in [0.29, 0.717) is 24.5 Å². The van der Waals surface area contributed by atoms with Crippen LogP contribution in [0, 0.1) is 6.92 Å². The number of benzene rings is 1. The zero-order chi connectivity index (χ0) is 18.9. The molecule has 2 N–H and O–H groups in total. The number of aryl methyl sites for hydroxylation is 1. The van der Waals surface area contributed by atoms with Gasteiger partial charge in [-0.1, -0.05) is 23.4 Å². The van der Waals surface area contributed by atoms with E-state index in [1.54, 1.807) is 27.0 Å². The minimum atomic E-state index is -0.382. The number of ether oxygens (including phenoxy) is 1. The molecule has 8 heteroatoms. The van der Waals surface area contributed by atoms with Gasteiger partial charge < -0.3 is 19.9 Å². The summed E-state index contributed by atoms with van der Waals surface area (Å²) in [6, 6.07) is 9.35. The number of carbonyl (C=O) groups excluding carboxylic acids is 2. The second-order valence-corrected chi connectivity index (χ2v) is 7.01. The first kappa shape index (κ1) is 19.8. The molecule has 0 aliphatic heterocycles. The summed E-state index contributed by atoms with van der Waals surface area (Å²) in [6.07, 6.45) is 0.683. The minimum Gasteiger partial charge on any atom is -0.496 e. The molecule has 0 spiro atoms. The molecule has 2 rings (SSSR count). The predicted octanol–water partition coefficient (Wildman–Crippen LogP) is 2.41. The van der Waals surface area contributed by atoms with Crippen molar-refractivity contribution in [2.45, 2.75) is 25.5 Å². The summed E-state index contributed by atoms with van der Waals surface area (Å²) in [4.78, 5) is 24.0. The Balaban J connectivity index is 1.68. The van der Waals surface area contributed by atoms with Crippen molar-refractivity contribution in [3.8, 4) is 5.75 Å². The van der Waals surface area contributed by atoms with Gasteiger partial charge in [-0.25, -0.2) is 0 Å². The Kier molecular flexibility index (Phi) is 7.53. The van der Waals surface area contributed by atoms with Crippen molar-refractivity contribution >= 4 is 29.4 Å². The van der Waals surface area contributed by atoms with E-state index in [1.165, 1.54) is 11.8 Å². The predicted molar refractivity (Wildman–Crippen MR) is 101 cm³/mol. The van der Waals surface area contributed by atoms with Gasteiger partial charge in [0.25, 0.3) is 0 Å². The van der Waals surface area contributed by atoms with Crippen LogP contribution in [0.4, 0.5) is 5.82 Å². The molecule has 0 saturated heterocycles. The van der Waals surface area contributed by atoms with Gasteiger partial charge in [0, 0.05) is 12.6 Å². The number of methoxy groups -OCH3 is 1. The maximum atomic E-state index is 12.0. The molecular weight excluding hydrogens is 354 g/mol. The van der Waals surface area contributed by atoms with Gasteiger partial charge in [-0.05, 0) is 31.9 Å². The van der Waals surface area contributed by atoms with Crippen LogP contribution in [0.2, 0.25) is 0 Å². The van der Waals surface area contributed by atoms with Gasteiger partial charge in [0.15, 0.2) is 5.82 Å². The molecule has 1 aromatic carbocycles. The van der Waals surface area contributed by atoms with E-state index < -0.39 is 0 Å². The molecule has 1 unspecified atom stereocenters. The molecular formula is C18H23N3O4S. The molecule has 0 bridgehead atoms. The number of carbonyl (C=O) groups is 2. The van der Waals surface area contributed by atoms with Crippen LogP contribution in [0.3, 0.4) is 0 Å². The number of nitrogens with zero attached hydrogens (tertiary/aromatic N) is 1. The SMILES string of the molecule is COc1ccccc1CCNC(=O)CSC(C)C(=O)Nc1cc(C)on1. The molecule has 0 aliphatic rings. The molecule has 0 fully saturated rings. The number of amides is 2. The Hall–Kier alpha value is -2.48. The summed E-state index contributed by atoms with van der Waals surface area (Å²) in [5.74, 6) is 1.69. The highest BCUT2D eigenvalue weighted by molar-refractivity contribution is 8.01. The van der Waals surface area contributed by atoms with E-state index in [2.05, 4.69) is 15.8 Å². The number of thioether (sulfide) groups is 1. The number of aromatic nitrogens is 1. The second kappa shape index (κ2) is 9.86. The van der Waals surface area contributed by atoms with E-state index in [1.807, 2.05) is 24.3 Å². The smallest absolute Gasteiger partial charge is 0.238 e. The van der Waals surface area contributed by atoms with Crippen molar-refractivity contribution in [1.82, 2.24) is 10.5 Å². The molecule has 1 atom stereocenters. The van der Waals surface area contributed by atoms with Crippen LogP contribution in [0.5, 0.6) is 5.75 Å². The molecule has 2 amide bonds. The largest absolute Gasteiger partial charge is 0.496 e. The van der Waals surface area contributed by atoms with Gasteiger partial charge in [0.2, 0.25) is 11.8 Å². The van der Waals surface area contributed by atoms with Crippen LogP contribution in [0.15, 0.2) is 34.9 Å². The van der Waals surface area contributed by atoms with E-state index in [0.717, 1.165) is 11.3 Å². The Bertz CT molecular complexity index is 748. The summed E-state index contributed by atoms with van der Waals surface area (Å²) in [7, 11) is 1.63. The van der Waals surface area contributed by atoms with Crippen molar-refractivity contribution in [1.29, 1.82) is 0 Å². The fourth-order valence-corrected chi connectivity index (χ4v) is 2.94. The second-order valence-electron chi connectivity index (χ2n) is 5.68. The molecule has 7 nitrogen and oxygen atoms in total. The van der Waals surface area contributed by atoms with Crippen LogP contribution in [-0.4, -0.2) is 41.6 Å². The molecule has 0 aliphatic carbocycles. The quantitative estimate of drug-likeness (QED) is 0.697. The fourth-order valence-electron chi connectivity index (χ4n) is 2.23. The first-order valence-electron chi connectivity index (χ1n) is 8.24. The third kappa shape index (κ3) is 6.11. The van der Waals surface area contributed by atoms with Crippen LogP contribution in [-0.2, 0) is 16.0 Å². The Morgan fingerprint density at radius 1 is 1.35 bits per heavy atom. The average molecular weight is 377 g/mol. The van der Waals surface area contributed by atoms with Crippen LogP contribution in [0.1, 0.15) is 18.2 Å². The third-order valence-electron chi connectivity index (χ3n) is 3.62. The number of para-hydroxylation sites is 1. The maximum absolute atomic E-state index is 12.0. The molecule has 1 heterocycles. The zero-order valence-electron chi connectivity index (χ0n) is 15.1. The first-order chi connectivity index (χ1) is 12.5. The van der Waals surface area contributed by atoms with Gasteiger partial charge in [0.1, 0.15) is 11.5 Å². The van der Waals surface area contributed by atoms with Crippen LogP contribution < -0.4 is 15.4 Å². The summed E-state index contributed by atoms with van der Waals surface area (Å²) in [5, 5.41) is 8.84. The standard InChI is InChI=1S/C18H23N3O4S/c1-12-10-16(21-25-12)20-18(23)13(2)26-11-17(22)19-9-8-14-6-4-5-7-15(14)24-3/h4-7,10,13H,8-9,11H2,1-3H3,(H,19,22)(H,20,21,23). The maximum Gasteiger partial charge on any atom is 0.238 e. The Morgan fingerprint density at radius 3 is 2.81 bits per heavy atom. The van der Waals surface area contributed by atoms with Crippen molar-refractivity contribution < 1.29 is 18.8 Å². The number of anilines is 1. The molecule has 140 valence electrons. The van der Waals surface area contributed by atoms with E-state index >= 15 is 0 Å². The average Bonchev–Trinajstić information content (AvgIpc) is 3.04. The summed E-state index contributed by atoms with van der Waals surface area (Å²) in [5.41, 5.74) is 1.04. The van der Waals surface area contributed by atoms with E-state index in [9.17, 15) is 9.59 Å². The summed E-state index contributed by atoms with van der Waals surface area (Å²) in [6.45, 7) is 4.00. The number of hydrogen-bond donors (Lipinski definition) is 2. The molecule has 1 aromatic heterocycles.